The average Bonchev–Trinajstić information content (AvgIpc) is 2.55. The summed E-state index contributed by atoms with van der Waals surface area (Å²) in [5.41, 5.74) is 9.98. The van der Waals surface area contributed by atoms with Gasteiger partial charge in [-0.25, -0.2) is 0 Å². The normalized spacial score (nSPS) is 20.7. The molecule has 0 spiro atoms. The molecule has 0 saturated carbocycles. The molecule has 3 nitrogen and oxygen atoms in total. The van der Waals surface area contributed by atoms with E-state index in [1.807, 2.05) is 18.2 Å². The molecule has 0 aromatic heterocycles. The maximum atomic E-state index is 6.81. The Bertz CT molecular complexity index is 636. The van der Waals surface area contributed by atoms with Crippen LogP contribution in [0.5, 0.6) is 11.5 Å². The zero-order chi connectivity index (χ0) is 14.9. The van der Waals surface area contributed by atoms with Gasteiger partial charge in [0.2, 0.25) is 0 Å². The molecule has 110 valence electrons. The first-order valence-electron chi connectivity index (χ1n) is 7.28. The van der Waals surface area contributed by atoms with Gasteiger partial charge in [-0.05, 0) is 60.2 Å². The van der Waals surface area contributed by atoms with Crippen molar-refractivity contribution in [3.05, 3.63) is 59.2 Å². The number of hydrogen-bond acceptors (Lipinski definition) is 3. The second kappa shape index (κ2) is 5.41. The van der Waals surface area contributed by atoms with Crippen LogP contribution in [0, 0.1) is 0 Å². The number of methoxy groups -OCH3 is 2. The smallest absolute Gasteiger partial charge is 0.119 e. The molecule has 21 heavy (non-hydrogen) atoms. The molecule has 0 heterocycles. The first-order valence-corrected chi connectivity index (χ1v) is 7.28. The lowest BCUT2D eigenvalue weighted by atomic mass is 9.73. The number of ether oxygens (including phenoxy) is 2. The molecule has 1 aliphatic carbocycles. The summed E-state index contributed by atoms with van der Waals surface area (Å²) in [6, 6.07) is 14.3. The fourth-order valence-corrected chi connectivity index (χ4v) is 3.20. The first-order chi connectivity index (χ1) is 10.2. The lowest BCUT2D eigenvalue weighted by Gasteiger charge is -2.36. The number of nitrogens with two attached hydrogens (primary N) is 1. The van der Waals surface area contributed by atoms with Crippen LogP contribution < -0.4 is 15.2 Å². The van der Waals surface area contributed by atoms with Crippen LogP contribution in [0.4, 0.5) is 0 Å². The SMILES string of the molecule is COc1ccc(C2(N)CCCc3ccc(OC)cc32)cc1. The first kappa shape index (κ1) is 14.0. The van der Waals surface area contributed by atoms with Crippen LogP contribution in [0.15, 0.2) is 42.5 Å². The van der Waals surface area contributed by atoms with Crippen molar-refractivity contribution in [3.8, 4) is 11.5 Å². The maximum absolute atomic E-state index is 6.81. The summed E-state index contributed by atoms with van der Waals surface area (Å²) in [6.07, 6.45) is 3.12. The van der Waals surface area contributed by atoms with E-state index in [9.17, 15) is 0 Å². The molecule has 2 aromatic carbocycles. The van der Waals surface area contributed by atoms with Crippen molar-refractivity contribution in [2.24, 2.45) is 5.73 Å². The minimum atomic E-state index is -0.450. The van der Waals surface area contributed by atoms with Gasteiger partial charge >= 0.3 is 0 Å². The van der Waals surface area contributed by atoms with E-state index >= 15 is 0 Å². The number of benzene rings is 2. The predicted molar refractivity (Wildman–Crippen MR) is 83.9 cm³/mol. The number of aryl methyl sites for hydroxylation is 1. The third kappa shape index (κ3) is 2.38. The number of fused-ring (bicyclic) bond motifs is 1. The lowest BCUT2D eigenvalue weighted by Crippen LogP contribution is -2.41. The molecular weight excluding hydrogens is 262 g/mol. The molecule has 1 aliphatic rings. The fraction of sp³-hybridized carbons (Fsp3) is 0.333. The van der Waals surface area contributed by atoms with Gasteiger partial charge in [0.25, 0.3) is 0 Å². The Balaban J connectivity index is 2.09. The van der Waals surface area contributed by atoms with Crippen LogP contribution >= 0.6 is 0 Å². The quantitative estimate of drug-likeness (QED) is 0.940. The van der Waals surface area contributed by atoms with E-state index in [2.05, 4.69) is 24.3 Å². The molecule has 0 aliphatic heterocycles. The van der Waals surface area contributed by atoms with Crippen LogP contribution in [-0.2, 0) is 12.0 Å². The van der Waals surface area contributed by atoms with Gasteiger partial charge in [0.1, 0.15) is 11.5 Å². The summed E-state index contributed by atoms with van der Waals surface area (Å²) in [5.74, 6) is 1.71. The van der Waals surface area contributed by atoms with Gasteiger partial charge in [0, 0.05) is 0 Å². The molecule has 0 saturated heterocycles. The standard InChI is InChI=1S/C18H21NO2/c1-20-15-9-6-14(7-10-15)18(19)11-3-4-13-5-8-16(21-2)12-17(13)18/h5-10,12H,3-4,11,19H2,1-2H3. The summed E-state index contributed by atoms with van der Waals surface area (Å²) < 4.78 is 10.6. The zero-order valence-corrected chi connectivity index (χ0v) is 12.6. The molecule has 2 aromatic rings. The van der Waals surface area contributed by atoms with E-state index in [-0.39, 0.29) is 0 Å². The van der Waals surface area contributed by atoms with Crippen molar-refractivity contribution in [1.29, 1.82) is 0 Å². The Morgan fingerprint density at radius 3 is 2.29 bits per heavy atom. The Labute approximate surface area is 125 Å². The molecular formula is C18H21NO2. The topological polar surface area (TPSA) is 44.5 Å². The summed E-state index contributed by atoms with van der Waals surface area (Å²) in [4.78, 5) is 0. The van der Waals surface area contributed by atoms with Gasteiger partial charge in [0.05, 0.1) is 19.8 Å². The van der Waals surface area contributed by atoms with Gasteiger partial charge in [0.15, 0.2) is 0 Å². The van der Waals surface area contributed by atoms with Crippen LogP contribution in [0.25, 0.3) is 0 Å². The van der Waals surface area contributed by atoms with Gasteiger partial charge in [-0.3, -0.25) is 0 Å². The van der Waals surface area contributed by atoms with E-state index in [0.29, 0.717) is 0 Å². The molecule has 2 N–H and O–H groups in total. The molecule has 3 rings (SSSR count). The van der Waals surface area contributed by atoms with Gasteiger partial charge in [-0.1, -0.05) is 18.2 Å². The van der Waals surface area contributed by atoms with Crippen molar-refractivity contribution in [3.63, 3.8) is 0 Å². The molecule has 0 radical (unpaired) electrons. The number of hydrogen-bond donors (Lipinski definition) is 1. The fourth-order valence-electron chi connectivity index (χ4n) is 3.20. The molecule has 0 amide bonds. The highest BCUT2D eigenvalue weighted by molar-refractivity contribution is 5.48. The van der Waals surface area contributed by atoms with Crippen molar-refractivity contribution < 1.29 is 9.47 Å². The predicted octanol–water partition coefficient (Wildman–Crippen LogP) is 3.24. The van der Waals surface area contributed by atoms with Crippen LogP contribution in [0.1, 0.15) is 29.5 Å². The Morgan fingerprint density at radius 2 is 1.62 bits per heavy atom. The summed E-state index contributed by atoms with van der Waals surface area (Å²) >= 11 is 0. The molecule has 3 heteroatoms. The lowest BCUT2D eigenvalue weighted by molar-refractivity contribution is 0.403. The summed E-state index contributed by atoms with van der Waals surface area (Å²) in [5, 5.41) is 0. The van der Waals surface area contributed by atoms with Gasteiger partial charge in [-0.2, -0.15) is 0 Å². The van der Waals surface area contributed by atoms with Crippen molar-refractivity contribution in [1.82, 2.24) is 0 Å². The van der Waals surface area contributed by atoms with Crippen molar-refractivity contribution >= 4 is 0 Å². The van der Waals surface area contributed by atoms with Gasteiger partial charge < -0.3 is 15.2 Å². The van der Waals surface area contributed by atoms with E-state index in [4.69, 9.17) is 15.2 Å². The largest absolute Gasteiger partial charge is 0.497 e. The highest BCUT2D eigenvalue weighted by atomic mass is 16.5. The Morgan fingerprint density at radius 1 is 0.952 bits per heavy atom. The third-order valence-electron chi connectivity index (χ3n) is 4.42. The van der Waals surface area contributed by atoms with E-state index in [1.165, 1.54) is 11.1 Å². The van der Waals surface area contributed by atoms with E-state index in [1.54, 1.807) is 14.2 Å². The second-order valence-electron chi connectivity index (χ2n) is 5.58. The Kier molecular flexibility index (Phi) is 3.60. The van der Waals surface area contributed by atoms with Crippen LogP contribution in [-0.4, -0.2) is 14.2 Å². The highest BCUT2D eigenvalue weighted by Gasteiger charge is 2.34. The van der Waals surface area contributed by atoms with Crippen molar-refractivity contribution in [2.75, 3.05) is 14.2 Å². The van der Waals surface area contributed by atoms with E-state index in [0.717, 1.165) is 36.3 Å². The summed E-state index contributed by atoms with van der Waals surface area (Å²) in [7, 11) is 3.37. The monoisotopic (exact) mass is 283 g/mol. The van der Waals surface area contributed by atoms with Crippen molar-refractivity contribution in [2.45, 2.75) is 24.8 Å². The minimum Gasteiger partial charge on any atom is -0.497 e. The van der Waals surface area contributed by atoms with E-state index < -0.39 is 5.54 Å². The van der Waals surface area contributed by atoms with Gasteiger partial charge in [-0.15, -0.1) is 0 Å². The maximum Gasteiger partial charge on any atom is 0.119 e. The molecule has 0 bridgehead atoms. The molecule has 1 atom stereocenters. The average molecular weight is 283 g/mol. The van der Waals surface area contributed by atoms with Crippen LogP contribution in [0.2, 0.25) is 0 Å². The molecule has 0 fully saturated rings. The third-order valence-corrected chi connectivity index (χ3v) is 4.42. The molecule has 1 unspecified atom stereocenters. The second-order valence-corrected chi connectivity index (χ2v) is 5.58. The zero-order valence-electron chi connectivity index (χ0n) is 12.6. The highest BCUT2D eigenvalue weighted by Crippen LogP contribution is 2.40. The van der Waals surface area contributed by atoms with Crippen LogP contribution in [0.3, 0.4) is 0 Å². The summed E-state index contributed by atoms with van der Waals surface area (Å²) in [6.45, 7) is 0. The Hall–Kier alpha value is -2.00. The minimum absolute atomic E-state index is 0.450. The number of rotatable bonds is 3.